The number of nitrogens with one attached hydrogen (secondary N) is 2. The Balaban J connectivity index is 1.55. The molecule has 2 heterocycles. The van der Waals surface area contributed by atoms with Crippen LogP contribution in [0.15, 0.2) is 48.5 Å². The van der Waals surface area contributed by atoms with E-state index in [9.17, 15) is 9.18 Å². The molecule has 8 N–H and O–H groups in total. The number of rotatable bonds is 5. The van der Waals surface area contributed by atoms with E-state index >= 15 is 0 Å². The van der Waals surface area contributed by atoms with Crippen molar-refractivity contribution in [2.75, 3.05) is 34.8 Å². The molecular weight excluding hydrogens is 423 g/mol. The van der Waals surface area contributed by atoms with Crippen molar-refractivity contribution in [2.45, 2.75) is 12.8 Å². The second-order valence-corrected chi connectivity index (χ2v) is 7.94. The first-order chi connectivity index (χ1) is 15.8. The summed E-state index contributed by atoms with van der Waals surface area (Å²) < 4.78 is 13.9. The van der Waals surface area contributed by atoms with Crippen molar-refractivity contribution in [3.8, 4) is 11.3 Å². The minimum Gasteiger partial charge on any atom is -0.398 e. The Morgan fingerprint density at radius 1 is 1.15 bits per heavy atom. The van der Waals surface area contributed by atoms with Gasteiger partial charge >= 0.3 is 0 Å². The molecular formula is C23H25FN8O. The monoisotopic (exact) mass is 448 g/mol. The lowest BCUT2D eigenvalue weighted by Crippen LogP contribution is -2.41. The van der Waals surface area contributed by atoms with Crippen LogP contribution in [-0.4, -0.2) is 34.8 Å². The number of amides is 1. The van der Waals surface area contributed by atoms with Crippen LogP contribution in [0.2, 0.25) is 0 Å². The predicted octanol–water partition coefficient (Wildman–Crippen LogP) is 2.59. The molecule has 1 unspecified atom stereocenters. The van der Waals surface area contributed by atoms with Crippen molar-refractivity contribution in [2.24, 2.45) is 11.7 Å². The van der Waals surface area contributed by atoms with Gasteiger partial charge in [-0.2, -0.15) is 4.98 Å². The van der Waals surface area contributed by atoms with Gasteiger partial charge in [0.2, 0.25) is 11.9 Å². The molecule has 1 saturated heterocycles. The normalized spacial score (nSPS) is 15.8. The van der Waals surface area contributed by atoms with E-state index in [1.165, 1.54) is 12.1 Å². The molecule has 9 nitrogen and oxygen atoms in total. The van der Waals surface area contributed by atoms with E-state index in [0.29, 0.717) is 47.8 Å². The first kappa shape index (κ1) is 22.0. The largest absolute Gasteiger partial charge is 0.398 e. The number of nitrogen functional groups attached to an aromatic ring is 3. The van der Waals surface area contributed by atoms with Crippen LogP contribution in [0.5, 0.6) is 0 Å². The SMILES string of the molecule is N=C(N)c1ccc(-c2cc(N3CCCC(C(=O)Nc4ccccc4F)C3)nc(N)n2)cc1N. The molecule has 33 heavy (non-hydrogen) atoms. The van der Waals surface area contributed by atoms with Crippen LogP contribution in [0.3, 0.4) is 0 Å². The molecule has 1 aromatic heterocycles. The summed E-state index contributed by atoms with van der Waals surface area (Å²) in [4.78, 5) is 23.4. The highest BCUT2D eigenvalue weighted by Gasteiger charge is 2.27. The summed E-state index contributed by atoms with van der Waals surface area (Å²) in [5.41, 5.74) is 19.8. The first-order valence-corrected chi connectivity index (χ1v) is 10.5. The number of para-hydroxylation sites is 1. The maximum absolute atomic E-state index is 13.9. The second kappa shape index (κ2) is 9.11. The Morgan fingerprint density at radius 3 is 2.67 bits per heavy atom. The van der Waals surface area contributed by atoms with Crippen LogP contribution in [0.1, 0.15) is 18.4 Å². The lowest BCUT2D eigenvalue weighted by molar-refractivity contribution is -0.120. The molecule has 2 aromatic carbocycles. The molecule has 1 aliphatic rings. The summed E-state index contributed by atoms with van der Waals surface area (Å²) in [7, 11) is 0. The van der Waals surface area contributed by atoms with Crippen molar-refractivity contribution >= 4 is 34.9 Å². The number of carbonyl (C=O) groups is 1. The maximum atomic E-state index is 13.9. The Hall–Kier alpha value is -4.21. The van der Waals surface area contributed by atoms with Crippen molar-refractivity contribution in [3.63, 3.8) is 0 Å². The van der Waals surface area contributed by atoms with E-state index in [1.54, 1.807) is 36.4 Å². The van der Waals surface area contributed by atoms with Crippen LogP contribution in [-0.2, 0) is 4.79 Å². The van der Waals surface area contributed by atoms with E-state index in [4.69, 9.17) is 22.6 Å². The Bertz CT molecular complexity index is 1210. The average Bonchev–Trinajstić information content (AvgIpc) is 2.80. The summed E-state index contributed by atoms with van der Waals surface area (Å²) in [5, 5.41) is 10.3. The van der Waals surface area contributed by atoms with Gasteiger partial charge in [-0.05, 0) is 37.1 Å². The topological polar surface area (TPSA) is 160 Å². The highest BCUT2D eigenvalue weighted by atomic mass is 19.1. The number of halogens is 1. The van der Waals surface area contributed by atoms with Gasteiger partial charge in [0.15, 0.2) is 0 Å². The fourth-order valence-electron chi connectivity index (χ4n) is 3.93. The molecule has 1 fully saturated rings. The zero-order valence-electron chi connectivity index (χ0n) is 17.9. The molecule has 1 atom stereocenters. The fraction of sp³-hybridized carbons (Fsp3) is 0.217. The summed E-state index contributed by atoms with van der Waals surface area (Å²) in [6.45, 7) is 1.12. The van der Waals surface area contributed by atoms with Gasteiger partial charge in [0.1, 0.15) is 17.5 Å². The van der Waals surface area contributed by atoms with Gasteiger partial charge in [0, 0.05) is 36.0 Å². The number of carbonyl (C=O) groups excluding carboxylic acids is 1. The van der Waals surface area contributed by atoms with Crippen LogP contribution in [0.4, 0.5) is 27.5 Å². The van der Waals surface area contributed by atoms with Crippen molar-refractivity contribution in [3.05, 3.63) is 59.9 Å². The van der Waals surface area contributed by atoms with Crippen molar-refractivity contribution in [1.82, 2.24) is 9.97 Å². The van der Waals surface area contributed by atoms with Gasteiger partial charge in [0.05, 0.1) is 17.3 Å². The lowest BCUT2D eigenvalue weighted by atomic mass is 9.97. The third-order valence-electron chi connectivity index (χ3n) is 5.62. The standard InChI is InChI=1S/C23H25FN8O/c24-16-5-1-2-6-18(16)29-22(33)14-4-3-9-32(12-14)20-11-19(30-23(28)31-20)13-7-8-15(21(26)27)17(25)10-13/h1-2,5-8,10-11,14H,3-4,9,12,25H2,(H3,26,27)(H,29,33)(H2,28,30,31). The second-order valence-electron chi connectivity index (χ2n) is 7.94. The van der Waals surface area contributed by atoms with Gasteiger partial charge in [-0.1, -0.05) is 18.2 Å². The number of amidine groups is 1. The first-order valence-electron chi connectivity index (χ1n) is 10.5. The third-order valence-corrected chi connectivity index (χ3v) is 5.62. The van der Waals surface area contributed by atoms with Crippen molar-refractivity contribution in [1.29, 1.82) is 5.41 Å². The molecule has 0 aliphatic carbocycles. The van der Waals surface area contributed by atoms with Crippen molar-refractivity contribution < 1.29 is 9.18 Å². The van der Waals surface area contributed by atoms with Gasteiger partial charge in [-0.3, -0.25) is 10.2 Å². The number of anilines is 4. The summed E-state index contributed by atoms with van der Waals surface area (Å²) >= 11 is 0. The molecule has 170 valence electrons. The molecule has 3 aromatic rings. The Morgan fingerprint density at radius 2 is 1.94 bits per heavy atom. The van der Waals surface area contributed by atoms with Gasteiger partial charge < -0.3 is 27.4 Å². The molecule has 0 bridgehead atoms. The number of nitrogens with two attached hydrogens (primary N) is 3. The maximum Gasteiger partial charge on any atom is 0.229 e. The highest BCUT2D eigenvalue weighted by Crippen LogP contribution is 2.29. The minimum absolute atomic E-state index is 0.0923. The molecule has 4 rings (SSSR count). The molecule has 1 amide bonds. The van der Waals surface area contributed by atoms with E-state index < -0.39 is 5.82 Å². The van der Waals surface area contributed by atoms with Crippen LogP contribution in [0.25, 0.3) is 11.3 Å². The molecule has 1 aliphatic heterocycles. The number of hydrogen-bond acceptors (Lipinski definition) is 7. The fourth-order valence-corrected chi connectivity index (χ4v) is 3.93. The predicted molar refractivity (Wildman–Crippen MR) is 127 cm³/mol. The van der Waals surface area contributed by atoms with Crippen LogP contribution < -0.4 is 27.4 Å². The Labute approximate surface area is 190 Å². The van der Waals surface area contributed by atoms with E-state index in [1.807, 2.05) is 4.90 Å². The van der Waals surface area contributed by atoms with Gasteiger partial charge in [0.25, 0.3) is 0 Å². The van der Waals surface area contributed by atoms with E-state index in [0.717, 1.165) is 6.42 Å². The van der Waals surface area contributed by atoms with Crippen LogP contribution in [0, 0.1) is 17.1 Å². The van der Waals surface area contributed by atoms with Crippen LogP contribution >= 0.6 is 0 Å². The zero-order valence-corrected chi connectivity index (χ0v) is 17.9. The number of nitrogens with zero attached hydrogens (tertiary/aromatic N) is 3. The minimum atomic E-state index is -0.471. The summed E-state index contributed by atoms with van der Waals surface area (Å²) in [5.74, 6) is -0.468. The summed E-state index contributed by atoms with van der Waals surface area (Å²) in [6.07, 6.45) is 1.46. The zero-order chi connectivity index (χ0) is 23.5. The number of hydrogen-bond donors (Lipinski definition) is 5. The average molecular weight is 449 g/mol. The number of aromatic nitrogens is 2. The number of piperidine rings is 1. The quantitative estimate of drug-likeness (QED) is 0.228. The van der Waals surface area contributed by atoms with E-state index in [-0.39, 0.29) is 29.3 Å². The number of benzene rings is 2. The molecule has 0 saturated carbocycles. The smallest absolute Gasteiger partial charge is 0.229 e. The Kier molecular flexibility index (Phi) is 6.07. The lowest BCUT2D eigenvalue weighted by Gasteiger charge is -2.33. The molecule has 0 spiro atoms. The van der Waals surface area contributed by atoms with E-state index in [2.05, 4.69) is 15.3 Å². The molecule has 0 radical (unpaired) electrons. The summed E-state index contributed by atoms with van der Waals surface area (Å²) in [6, 6.07) is 13.0. The third kappa shape index (κ3) is 4.84. The van der Waals surface area contributed by atoms with Gasteiger partial charge in [-0.15, -0.1) is 0 Å². The highest BCUT2D eigenvalue weighted by molar-refractivity contribution is 6.00. The van der Waals surface area contributed by atoms with Gasteiger partial charge in [-0.25, -0.2) is 9.37 Å². The molecule has 10 heteroatoms.